The summed E-state index contributed by atoms with van der Waals surface area (Å²) in [5.41, 5.74) is 5.76. The van der Waals surface area contributed by atoms with Crippen molar-refractivity contribution in [3.63, 3.8) is 0 Å². The average molecular weight is 330 g/mol. The summed E-state index contributed by atoms with van der Waals surface area (Å²) in [7, 11) is 0. The Kier molecular flexibility index (Phi) is 3.79. The number of nitrogens with zero attached hydrogens (tertiary/aromatic N) is 1. The van der Waals surface area contributed by atoms with E-state index in [-0.39, 0.29) is 0 Å². The molecule has 1 N–H and O–H groups in total. The summed E-state index contributed by atoms with van der Waals surface area (Å²) in [4.78, 5) is 4.75. The van der Waals surface area contributed by atoms with E-state index in [0.717, 1.165) is 22.1 Å². The quantitative estimate of drug-likeness (QED) is 0.475. The summed E-state index contributed by atoms with van der Waals surface area (Å²) in [6.07, 6.45) is 0. The number of fused-ring (bicyclic) bond motifs is 1. The van der Waals surface area contributed by atoms with Gasteiger partial charge in [-0.3, -0.25) is 0 Å². The molecule has 0 amide bonds. The lowest BCUT2D eigenvalue weighted by atomic mass is 10.1. The zero-order chi connectivity index (χ0) is 16.5. The molecule has 0 aliphatic heterocycles. The van der Waals surface area contributed by atoms with Crippen molar-refractivity contribution in [3.8, 4) is 11.3 Å². The van der Waals surface area contributed by atoms with Gasteiger partial charge in [-0.1, -0.05) is 42.5 Å². The predicted octanol–water partition coefficient (Wildman–Crippen LogP) is 6.32. The molecule has 4 aromatic rings. The van der Waals surface area contributed by atoms with E-state index in [2.05, 4.69) is 85.2 Å². The minimum Gasteiger partial charge on any atom is -0.332 e. The monoisotopic (exact) mass is 330 g/mol. The maximum atomic E-state index is 4.75. The van der Waals surface area contributed by atoms with Gasteiger partial charge in [-0.05, 0) is 53.9 Å². The number of thiazole rings is 1. The number of hydrogen-bond donors (Lipinski definition) is 1. The Hall–Kier alpha value is -2.65. The Bertz CT molecular complexity index is 997. The van der Waals surface area contributed by atoms with Crippen molar-refractivity contribution >= 4 is 32.9 Å². The van der Waals surface area contributed by atoms with Crippen LogP contribution in [0.15, 0.2) is 66.0 Å². The molecular weight excluding hydrogens is 312 g/mol. The van der Waals surface area contributed by atoms with E-state index in [1.807, 2.05) is 0 Å². The Morgan fingerprint density at radius 3 is 2.38 bits per heavy atom. The Labute approximate surface area is 145 Å². The molecule has 1 heterocycles. The van der Waals surface area contributed by atoms with Crippen LogP contribution in [0.2, 0.25) is 0 Å². The van der Waals surface area contributed by atoms with Crippen molar-refractivity contribution in [1.82, 2.24) is 4.98 Å². The number of aromatic nitrogens is 1. The Balaban J connectivity index is 1.63. The molecule has 0 aliphatic carbocycles. The minimum atomic E-state index is 0.920. The van der Waals surface area contributed by atoms with Crippen LogP contribution < -0.4 is 5.32 Å². The van der Waals surface area contributed by atoms with Crippen LogP contribution in [0.3, 0.4) is 0 Å². The molecule has 1 aromatic heterocycles. The number of aryl methyl sites for hydroxylation is 2. The molecule has 0 radical (unpaired) electrons. The SMILES string of the molecule is Cc1cc(C)cc(Nc2nc(-c3ccc4ccccc4c3)cs2)c1. The van der Waals surface area contributed by atoms with E-state index in [1.54, 1.807) is 11.3 Å². The minimum absolute atomic E-state index is 0.920. The van der Waals surface area contributed by atoms with Crippen LogP contribution >= 0.6 is 11.3 Å². The van der Waals surface area contributed by atoms with Gasteiger partial charge < -0.3 is 5.32 Å². The van der Waals surface area contributed by atoms with Crippen molar-refractivity contribution in [2.45, 2.75) is 13.8 Å². The molecule has 0 saturated carbocycles. The van der Waals surface area contributed by atoms with Crippen molar-refractivity contribution in [3.05, 3.63) is 77.2 Å². The second-order valence-corrected chi connectivity index (χ2v) is 6.96. The first-order valence-corrected chi connectivity index (χ1v) is 8.85. The van der Waals surface area contributed by atoms with Gasteiger partial charge in [0.1, 0.15) is 0 Å². The van der Waals surface area contributed by atoms with Gasteiger partial charge >= 0.3 is 0 Å². The average Bonchev–Trinajstić information content (AvgIpc) is 3.02. The Morgan fingerprint density at radius 2 is 1.58 bits per heavy atom. The molecule has 3 heteroatoms. The lowest BCUT2D eigenvalue weighted by Crippen LogP contribution is -1.91. The first-order valence-electron chi connectivity index (χ1n) is 7.97. The molecule has 118 valence electrons. The van der Waals surface area contributed by atoms with Crippen molar-refractivity contribution in [2.24, 2.45) is 0 Å². The molecule has 0 aliphatic rings. The number of anilines is 2. The van der Waals surface area contributed by atoms with E-state index < -0.39 is 0 Å². The highest BCUT2D eigenvalue weighted by Crippen LogP contribution is 2.29. The number of nitrogens with one attached hydrogen (secondary N) is 1. The number of hydrogen-bond acceptors (Lipinski definition) is 3. The maximum Gasteiger partial charge on any atom is 0.187 e. The summed E-state index contributed by atoms with van der Waals surface area (Å²) < 4.78 is 0. The number of rotatable bonds is 3. The summed E-state index contributed by atoms with van der Waals surface area (Å²) in [6.45, 7) is 4.22. The fourth-order valence-electron chi connectivity index (χ4n) is 2.98. The van der Waals surface area contributed by atoms with Gasteiger partial charge in [0.2, 0.25) is 0 Å². The molecular formula is C21H18N2S. The van der Waals surface area contributed by atoms with Gasteiger partial charge in [0.15, 0.2) is 5.13 Å². The first kappa shape index (κ1) is 14.9. The molecule has 3 aromatic carbocycles. The van der Waals surface area contributed by atoms with Crippen molar-refractivity contribution in [1.29, 1.82) is 0 Å². The summed E-state index contributed by atoms with van der Waals surface area (Å²) in [5, 5.41) is 8.94. The second kappa shape index (κ2) is 6.10. The van der Waals surface area contributed by atoms with E-state index >= 15 is 0 Å². The lowest BCUT2D eigenvalue weighted by Gasteiger charge is -2.05. The summed E-state index contributed by atoms with van der Waals surface area (Å²) in [6, 6.07) is 21.4. The second-order valence-electron chi connectivity index (χ2n) is 6.10. The van der Waals surface area contributed by atoms with Crippen molar-refractivity contribution in [2.75, 3.05) is 5.32 Å². The highest BCUT2D eigenvalue weighted by molar-refractivity contribution is 7.14. The predicted molar refractivity (Wildman–Crippen MR) is 104 cm³/mol. The van der Waals surface area contributed by atoms with Gasteiger partial charge in [-0.15, -0.1) is 11.3 Å². The number of benzene rings is 3. The van der Waals surface area contributed by atoms with E-state index in [1.165, 1.54) is 21.9 Å². The van der Waals surface area contributed by atoms with Crippen LogP contribution in [0.25, 0.3) is 22.0 Å². The van der Waals surface area contributed by atoms with E-state index in [4.69, 9.17) is 4.98 Å². The molecule has 0 bridgehead atoms. The highest BCUT2D eigenvalue weighted by atomic mass is 32.1. The fourth-order valence-corrected chi connectivity index (χ4v) is 3.72. The van der Waals surface area contributed by atoms with E-state index in [9.17, 15) is 0 Å². The smallest absolute Gasteiger partial charge is 0.187 e. The molecule has 0 spiro atoms. The first-order chi connectivity index (χ1) is 11.7. The zero-order valence-electron chi connectivity index (χ0n) is 13.7. The van der Waals surface area contributed by atoms with Crippen LogP contribution in [0.1, 0.15) is 11.1 Å². The maximum absolute atomic E-state index is 4.75. The van der Waals surface area contributed by atoms with Crippen LogP contribution in [0, 0.1) is 13.8 Å². The third kappa shape index (κ3) is 3.03. The Morgan fingerprint density at radius 1 is 0.833 bits per heavy atom. The molecule has 0 fully saturated rings. The zero-order valence-corrected chi connectivity index (χ0v) is 14.5. The van der Waals surface area contributed by atoms with Crippen LogP contribution in [0.4, 0.5) is 10.8 Å². The van der Waals surface area contributed by atoms with Crippen LogP contribution in [-0.4, -0.2) is 4.98 Å². The molecule has 0 unspecified atom stereocenters. The van der Waals surface area contributed by atoms with Crippen LogP contribution in [0.5, 0.6) is 0 Å². The standard InChI is InChI=1S/C21H18N2S/c1-14-9-15(2)11-19(10-14)22-21-23-20(13-24-21)18-8-7-16-5-3-4-6-17(16)12-18/h3-13H,1-2H3,(H,22,23). The molecule has 24 heavy (non-hydrogen) atoms. The largest absolute Gasteiger partial charge is 0.332 e. The van der Waals surface area contributed by atoms with Crippen LogP contribution in [-0.2, 0) is 0 Å². The summed E-state index contributed by atoms with van der Waals surface area (Å²) >= 11 is 1.63. The van der Waals surface area contributed by atoms with Gasteiger partial charge in [0, 0.05) is 16.6 Å². The normalized spacial score (nSPS) is 10.9. The highest BCUT2D eigenvalue weighted by Gasteiger charge is 2.06. The van der Waals surface area contributed by atoms with Gasteiger partial charge in [-0.2, -0.15) is 0 Å². The lowest BCUT2D eigenvalue weighted by molar-refractivity contribution is 1.35. The molecule has 4 rings (SSSR count). The third-order valence-corrected chi connectivity index (χ3v) is 4.78. The van der Waals surface area contributed by atoms with Gasteiger partial charge in [0.05, 0.1) is 5.69 Å². The van der Waals surface area contributed by atoms with Gasteiger partial charge in [-0.25, -0.2) is 4.98 Å². The van der Waals surface area contributed by atoms with Gasteiger partial charge in [0.25, 0.3) is 0 Å². The third-order valence-electron chi connectivity index (χ3n) is 4.02. The van der Waals surface area contributed by atoms with Crippen molar-refractivity contribution < 1.29 is 0 Å². The molecule has 0 saturated heterocycles. The molecule has 0 atom stereocenters. The molecule has 2 nitrogen and oxygen atoms in total. The topological polar surface area (TPSA) is 24.9 Å². The summed E-state index contributed by atoms with van der Waals surface area (Å²) in [5.74, 6) is 0. The fraction of sp³-hybridized carbons (Fsp3) is 0.0952. The van der Waals surface area contributed by atoms with E-state index in [0.29, 0.717) is 0 Å².